The molecule has 0 saturated carbocycles. The Labute approximate surface area is 155 Å². The highest BCUT2D eigenvalue weighted by atomic mass is 16.3. The van der Waals surface area contributed by atoms with Crippen molar-refractivity contribution >= 4 is 27.6 Å². The Hall–Kier alpha value is -3.14. The molecule has 3 heteroatoms. The molecule has 6 rings (SSSR count). The van der Waals surface area contributed by atoms with Crippen molar-refractivity contribution in [2.75, 3.05) is 0 Å². The van der Waals surface area contributed by atoms with Crippen molar-refractivity contribution in [3.8, 4) is 28.0 Å². The van der Waals surface area contributed by atoms with E-state index in [0.717, 1.165) is 49.5 Å². The summed E-state index contributed by atoms with van der Waals surface area (Å²) in [5.74, 6) is 0.233. The van der Waals surface area contributed by atoms with Crippen molar-refractivity contribution in [3.63, 3.8) is 0 Å². The first-order valence-electron chi connectivity index (χ1n) is 9.04. The first kappa shape index (κ1) is 15.0. The second kappa shape index (κ2) is 4.97. The van der Waals surface area contributed by atoms with E-state index in [1.54, 1.807) is 18.2 Å². The van der Waals surface area contributed by atoms with E-state index >= 15 is 0 Å². The van der Waals surface area contributed by atoms with Crippen LogP contribution in [0.2, 0.25) is 0 Å². The summed E-state index contributed by atoms with van der Waals surface area (Å²) in [4.78, 5) is 0. The van der Waals surface area contributed by atoms with E-state index in [4.69, 9.17) is 0 Å². The van der Waals surface area contributed by atoms with Crippen LogP contribution in [0.4, 0.5) is 0 Å². The van der Waals surface area contributed by atoms with Crippen LogP contribution >= 0.6 is 0 Å². The number of aliphatic hydroxyl groups is 2. The van der Waals surface area contributed by atoms with Gasteiger partial charge in [0.25, 0.3) is 0 Å². The number of phenols is 1. The molecule has 0 aromatic heterocycles. The smallest absolute Gasteiger partial charge is 0.116 e. The molecule has 4 aromatic carbocycles. The van der Waals surface area contributed by atoms with Crippen molar-refractivity contribution < 1.29 is 15.3 Å². The molecule has 0 saturated heterocycles. The molecule has 0 aliphatic heterocycles. The summed E-state index contributed by atoms with van der Waals surface area (Å²) in [5.41, 5.74) is 6.28. The Kier molecular flexibility index (Phi) is 2.76. The van der Waals surface area contributed by atoms with E-state index < -0.39 is 12.2 Å². The fourth-order valence-corrected chi connectivity index (χ4v) is 4.69. The van der Waals surface area contributed by atoms with Crippen LogP contribution in [0, 0.1) is 0 Å². The molecule has 4 aromatic rings. The van der Waals surface area contributed by atoms with Gasteiger partial charge in [-0.25, -0.2) is 0 Å². The van der Waals surface area contributed by atoms with Crippen LogP contribution < -0.4 is 0 Å². The Morgan fingerprint density at radius 2 is 1.59 bits per heavy atom. The van der Waals surface area contributed by atoms with Gasteiger partial charge in [-0.05, 0) is 79.2 Å². The number of phenolic OH excluding ortho intramolecular Hbond substituents is 1. The van der Waals surface area contributed by atoms with E-state index in [1.165, 1.54) is 5.39 Å². The Morgan fingerprint density at radius 3 is 2.44 bits per heavy atom. The highest BCUT2D eigenvalue weighted by Crippen LogP contribution is 2.53. The summed E-state index contributed by atoms with van der Waals surface area (Å²) in [6.07, 6.45) is 1.73. The van der Waals surface area contributed by atoms with E-state index in [1.807, 2.05) is 30.3 Å². The fourth-order valence-electron chi connectivity index (χ4n) is 4.69. The number of aromatic hydroxyl groups is 1. The molecule has 0 radical (unpaired) electrons. The van der Waals surface area contributed by atoms with Crippen molar-refractivity contribution in [1.29, 1.82) is 0 Å². The van der Waals surface area contributed by atoms with Crippen LogP contribution in [0.5, 0.6) is 5.75 Å². The van der Waals surface area contributed by atoms with Crippen LogP contribution in [0.1, 0.15) is 17.2 Å². The van der Waals surface area contributed by atoms with Crippen LogP contribution in [-0.4, -0.2) is 21.4 Å². The lowest BCUT2D eigenvalue weighted by Crippen LogP contribution is -2.19. The maximum Gasteiger partial charge on any atom is 0.116 e. The lowest BCUT2D eigenvalue weighted by atomic mass is 9.84. The first-order valence-corrected chi connectivity index (χ1v) is 9.04. The van der Waals surface area contributed by atoms with Gasteiger partial charge < -0.3 is 15.3 Å². The summed E-state index contributed by atoms with van der Waals surface area (Å²) >= 11 is 0. The maximum absolute atomic E-state index is 10.6. The van der Waals surface area contributed by atoms with Gasteiger partial charge in [0.2, 0.25) is 0 Å². The summed E-state index contributed by atoms with van der Waals surface area (Å²) in [6, 6.07) is 17.8. The first-order chi connectivity index (χ1) is 13.1. The zero-order valence-corrected chi connectivity index (χ0v) is 14.3. The van der Waals surface area contributed by atoms with E-state index in [0.29, 0.717) is 0 Å². The highest BCUT2D eigenvalue weighted by molar-refractivity contribution is 6.25. The highest BCUT2D eigenvalue weighted by Gasteiger charge is 2.31. The zero-order chi connectivity index (χ0) is 18.3. The largest absolute Gasteiger partial charge is 0.508 e. The third-order valence-electron chi connectivity index (χ3n) is 5.88. The second-order valence-electron chi connectivity index (χ2n) is 7.35. The third kappa shape index (κ3) is 1.82. The average molecular weight is 352 g/mol. The van der Waals surface area contributed by atoms with Gasteiger partial charge in [0.1, 0.15) is 18.0 Å². The molecule has 2 unspecified atom stereocenters. The average Bonchev–Trinajstić information content (AvgIpc) is 3.00. The molecule has 2 aliphatic carbocycles. The molecule has 27 heavy (non-hydrogen) atoms. The van der Waals surface area contributed by atoms with Crippen LogP contribution in [-0.2, 0) is 0 Å². The Balaban J connectivity index is 1.89. The van der Waals surface area contributed by atoms with Gasteiger partial charge in [-0.2, -0.15) is 0 Å². The van der Waals surface area contributed by atoms with E-state index in [-0.39, 0.29) is 5.75 Å². The molecule has 0 heterocycles. The molecular formula is C24H16O3. The third-order valence-corrected chi connectivity index (χ3v) is 5.88. The van der Waals surface area contributed by atoms with E-state index in [9.17, 15) is 15.3 Å². The topological polar surface area (TPSA) is 60.7 Å². The second-order valence-corrected chi connectivity index (χ2v) is 7.35. The number of hydrogen-bond acceptors (Lipinski definition) is 3. The van der Waals surface area contributed by atoms with Crippen molar-refractivity contribution in [1.82, 2.24) is 0 Å². The van der Waals surface area contributed by atoms with Crippen molar-refractivity contribution in [3.05, 3.63) is 71.8 Å². The SMILES string of the molecule is Oc1ccc2c(c1)cc1c3c(c4c(cc32)C(O)C(O)C=C4)-c2ccccc2-1. The monoisotopic (exact) mass is 352 g/mol. The molecule has 2 atom stereocenters. The molecule has 130 valence electrons. The molecule has 0 fully saturated rings. The summed E-state index contributed by atoms with van der Waals surface area (Å²) in [5, 5.41) is 34.9. The molecular weight excluding hydrogens is 336 g/mol. The standard InChI is InChI=1S/C24H16O3/c25-13-5-6-14-12(9-13)10-18-15-3-1-2-4-16(15)22-17-7-8-21(26)24(27)20(17)11-19(14)23(18)22/h1-11,21,24-27H. The zero-order valence-electron chi connectivity index (χ0n) is 14.3. The van der Waals surface area contributed by atoms with Crippen molar-refractivity contribution in [2.24, 2.45) is 0 Å². The number of benzene rings is 4. The van der Waals surface area contributed by atoms with Crippen LogP contribution in [0.3, 0.4) is 0 Å². The maximum atomic E-state index is 10.6. The molecule has 3 nitrogen and oxygen atoms in total. The van der Waals surface area contributed by atoms with Gasteiger partial charge in [0.05, 0.1) is 0 Å². The number of fused-ring (bicyclic) bond motifs is 7. The minimum absolute atomic E-state index is 0.233. The molecule has 2 aliphatic rings. The quantitative estimate of drug-likeness (QED) is 0.352. The van der Waals surface area contributed by atoms with Crippen molar-refractivity contribution in [2.45, 2.75) is 12.2 Å². The number of rotatable bonds is 0. The lowest BCUT2D eigenvalue weighted by Gasteiger charge is -2.24. The Bertz CT molecular complexity index is 1320. The van der Waals surface area contributed by atoms with Gasteiger partial charge in [-0.3, -0.25) is 0 Å². The van der Waals surface area contributed by atoms with Gasteiger partial charge in [-0.15, -0.1) is 0 Å². The number of hydrogen-bond donors (Lipinski definition) is 3. The summed E-state index contributed by atoms with van der Waals surface area (Å²) in [7, 11) is 0. The molecule has 0 spiro atoms. The minimum atomic E-state index is -0.950. The van der Waals surface area contributed by atoms with Crippen LogP contribution in [0.25, 0.3) is 49.9 Å². The normalized spacial score (nSPS) is 19.5. The lowest BCUT2D eigenvalue weighted by molar-refractivity contribution is 0.0471. The Morgan fingerprint density at radius 1 is 0.778 bits per heavy atom. The fraction of sp³-hybridized carbons (Fsp3) is 0.0833. The molecule has 0 bridgehead atoms. The van der Waals surface area contributed by atoms with Gasteiger partial charge in [0.15, 0.2) is 0 Å². The predicted octanol–water partition coefficient (Wildman–Crippen LogP) is 4.77. The van der Waals surface area contributed by atoms with Gasteiger partial charge >= 0.3 is 0 Å². The van der Waals surface area contributed by atoms with Gasteiger partial charge in [-0.1, -0.05) is 42.5 Å². The molecule has 0 amide bonds. The van der Waals surface area contributed by atoms with Gasteiger partial charge in [0, 0.05) is 0 Å². The predicted molar refractivity (Wildman–Crippen MR) is 108 cm³/mol. The van der Waals surface area contributed by atoms with E-state index in [2.05, 4.69) is 18.2 Å². The minimum Gasteiger partial charge on any atom is -0.508 e. The van der Waals surface area contributed by atoms with Crippen LogP contribution in [0.15, 0.2) is 60.7 Å². The molecule has 3 N–H and O–H groups in total. The summed E-state index contributed by atoms with van der Waals surface area (Å²) in [6.45, 7) is 0. The summed E-state index contributed by atoms with van der Waals surface area (Å²) < 4.78 is 0. The number of aliphatic hydroxyl groups excluding tert-OH is 2.